The van der Waals surface area contributed by atoms with Crippen LogP contribution >= 0.6 is 0 Å². The summed E-state index contributed by atoms with van der Waals surface area (Å²) in [6.07, 6.45) is 39.3. The number of unbranched alkanes of at least 4 members (excludes halogenated alkanes) is 23. The summed E-state index contributed by atoms with van der Waals surface area (Å²) in [4.78, 5) is 34.1. The molecule has 0 rings (SSSR count). The first-order valence-corrected chi connectivity index (χ1v) is 26.2. The van der Waals surface area contributed by atoms with Crippen LogP contribution in [-0.4, -0.2) is 91.1 Å². The van der Waals surface area contributed by atoms with Crippen molar-refractivity contribution >= 4 is 28.9 Å². The lowest BCUT2D eigenvalue weighted by Crippen LogP contribution is -2.37. The summed E-state index contributed by atoms with van der Waals surface area (Å²) in [7, 11) is 2.68. The number of guanidine groups is 1. The predicted octanol–water partition coefficient (Wildman–Crippen LogP) is 12.5. The second-order valence-electron chi connectivity index (χ2n) is 17.1. The van der Waals surface area contributed by atoms with Gasteiger partial charge in [0.25, 0.3) is 0 Å². The lowest BCUT2D eigenvalue weighted by molar-refractivity contribution is -0.150. The highest BCUT2D eigenvalue weighted by molar-refractivity contribution is 7.82. The molecule has 0 bridgehead atoms. The lowest BCUT2D eigenvalue weighted by atomic mass is 10.0. The summed E-state index contributed by atoms with van der Waals surface area (Å²) < 4.78 is 26.2. The van der Waals surface area contributed by atoms with E-state index in [0.29, 0.717) is 32.0 Å². The van der Waals surface area contributed by atoms with E-state index in [1.165, 1.54) is 116 Å². The zero-order chi connectivity index (χ0) is 42.7. The summed E-state index contributed by atoms with van der Waals surface area (Å²) in [5.74, 6) is 0.636. The number of hydrogen-bond donors (Lipinski definition) is 1. The fraction of sp³-hybridized carbons (Fsp3) is 0.938. The normalized spacial score (nSPS) is 12.8. The van der Waals surface area contributed by atoms with Crippen LogP contribution in [0, 0.1) is 0 Å². The van der Waals surface area contributed by atoms with Crippen molar-refractivity contribution in [3.05, 3.63) is 0 Å². The van der Waals surface area contributed by atoms with Gasteiger partial charge >= 0.3 is 11.9 Å². The molecule has 0 aliphatic heterocycles. The van der Waals surface area contributed by atoms with Crippen molar-refractivity contribution in [3.63, 3.8) is 0 Å². The number of rotatable bonds is 43. The van der Waals surface area contributed by atoms with Crippen LogP contribution in [0.3, 0.4) is 0 Å². The second-order valence-corrected chi connectivity index (χ2v) is 18.2. The van der Waals surface area contributed by atoms with Gasteiger partial charge in [-0.15, -0.1) is 0 Å². The number of ether oxygens (including phenoxy) is 2. The maximum absolute atomic E-state index is 12.8. The number of carbonyl (C=O) groups excluding carboxylic acids is 2. The highest BCUT2D eigenvalue weighted by Crippen LogP contribution is 2.18. The molecule has 0 amide bonds. The van der Waals surface area contributed by atoms with Gasteiger partial charge in [0, 0.05) is 39.7 Å². The Hall–Kier alpha value is -1.68. The molecule has 0 aromatic heterocycles. The number of nitrogens with zero attached hydrogens (tertiary/aromatic N) is 3. The van der Waals surface area contributed by atoms with E-state index >= 15 is 0 Å². The molecule has 0 heterocycles. The third kappa shape index (κ3) is 39.8. The van der Waals surface area contributed by atoms with Gasteiger partial charge in [0.2, 0.25) is 5.96 Å². The summed E-state index contributed by atoms with van der Waals surface area (Å²) in [5, 5.41) is 0. The van der Waals surface area contributed by atoms with Gasteiger partial charge in [0.1, 0.15) is 17.1 Å². The summed E-state index contributed by atoms with van der Waals surface area (Å²) in [5.41, 5.74) is 0. The van der Waals surface area contributed by atoms with Gasteiger partial charge < -0.3 is 19.3 Å². The van der Waals surface area contributed by atoms with Crippen LogP contribution in [0.4, 0.5) is 0 Å². The lowest BCUT2D eigenvalue weighted by Gasteiger charge is -2.22. The van der Waals surface area contributed by atoms with Crippen molar-refractivity contribution in [3.8, 4) is 0 Å². The van der Waals surface area contributed by atoms with Gasteiger partial charge in [0.05, 0.1) is 6.61 Å². The van der Waals surface area contributed by atoms with Gasteiger partial charge in [-0.25, -0.2) is 4.21 Å². The van der Waals surface area contributed by atoms with Crippen LogP contribution < -0.4 is 4.72 Å². The molecule has 0 fully saturated rings. The van der Waals surface area contributed by atoms with E-state index in [0.717, 1.165) is 103 Å². The molecule has 2 atom stereocenters. The number of nitrogens with one attached hydrogen (secondary N) is 1. The first-order valence-electron chi connectivity index (χ1n) is 24.6. The molecule has 0 spiro atoms. The summed E-state index contributed by atoms with van der Waals surface area (Å²) in [6, 6.07) is 0. The van der Waals surface area contributed by atoms with Crippen molar-refractivity contribution in [2.45, 2.75) is 239 Å². The van der Waals surface area contributed by atoms with E-state index in [1.54, 1.807) is 6.26 Å². The van der Waals surface area contributed by atoms with Gasteiger partial charge in [-0.05, 0) is 83.8 Å². The van der Waals surface area contributed by atoms with Crippen molar-refractivity contribution < 1.29 is 23.3 Å². The Morgan fingerprint density at radius 1 is 0.552 bits per heavy atom. The number of carbonyl (C=O) groups is 2. The molecule has 10 heteroatoms. The van der Waals surface area contributed by atoms with Crippen molar-refractivity contribution in [1.29, 1.82) is 0 Å². The molecule has 0 aromatic rings. The average molecular weight is 841 g/mol. The second kappa shape index (κ2) is 43.4. The topological polar surface area (TPSA) is 101 Å². The van der Waals surface area contributed by atoms with E-state index in [-0.39, 0.29) is 18.0 Å². The number of hydrogen-bond acceptors (Lipinski definition) is 7. The maximum atomic E-state index is 12.8. The monoisotopic (exact) mass is 841 g/mol. The zero-order valence-electron chi connectivity index (χ0n) is 39.2. The fourth-order valence-corrected chi connectivity index (χ4v) is 7.93. The van der Waals surface area contributed by atoms with E-state index in [2.05, 4.69) is 35.4 Å². The first-order chi connectivity index (χ1) is 28.2. The molecule has 9 nitrogen and oxygen atoms in total. The number of aliphatic imine (C=N–C) groups is 1. The molecule has 0 saturated carbocycles. The molecular weight excluding hydrogens is 745 g/mol. The quantitative estimate of drug-likeness (QED) is 0.0282. The maximum Gasteiger partial charge on any atom is 0.306 e. The van der Waals surface area contributed by atoms with Crippen molar-refractivity contribution in [1.82, 2.24) is 14.5 Å². The van der Waals surface area contributed by atoms with E-state index in [9.17, 15) is 13.8 Å². The molecule has 344 valence electrons. The van der Waals surface area contributed by atoms with E-state index in [4.69, 9.17) is 9.47 Å². The van der Waals surface area contributed by atoms with Gasteiger partial charge in [-0.2, -0.15) is 0 Å². The molecule has 1 N–H and O–H groups in total. The van der Waals surface area contributed by atoms with E-state index < -0.39 is 11.0 Å². The van der Waals surface area contributed by atoms with Crippen LogP contribution in [0.15, 0.2) is 4.99 Å². The number of esters is 2. The fourth-order valence-electron chi connectivity index (χ4n) is 7.43. The van der Waals surface area contributed by atoms with Gasteiger partial charge in [-0.3, -0.25) is 19.3 Å². The minimum Gasteiger partial charge on any atom is -0.466 e. The molecule has 0 radical (unpaired) electrons. The largest absolute Gasteiger partial charge is 0.466 e. The Morgan fingerprint density at radius 3 is 1.45 bits per heavy atom. The predicted molar refractivity (Wildman–Crippen MR) is 250 cm³/mol. The SMILES string of the molecule is CCCCCCCCCOC(=O)CCCCCCCN(CCCCCCCC(=O)OC(CCCCCCC)CCCCCCCC)CCCN=C(NS(C)=O)N(C)C. The van der Waals surface area contributed by atoms with Crippen LogP contribution in [0.25, 0.3) is 0 Å². The van der Waals surface area contributed by atoms with Crippen molar-refractivity contribution in [2.24, 2.45) is 4.99 Å². The summed E-state index contributed by atoms with van der Waals surface area (Å²) in [6.45, 7) is 11.2. The Kier molecular flexibility index (Phi) is 42.2. The van der Waals surface area contributed by atoms with E-state index in [1.807, 2.05) is 19.0 Å². The van der Waals surface area contributed by atoms with Crippen LogP contribution in [-0.2, 0) is 30.0 Å². The highest BCUT2D eigenvalue weighted by Gasteiger charge is 2.14. The molecule has 2 unspecified atom stereocenters. The Labute approximate surface area is 362 Å². The van der Waals surface area contributed by atoms with Gasteiger partial charge in [-0.1, -0.05) is 156 Å². The average Bonchev–Trinajstić information content (AvgIpc) is 3.19. The Morgan fingerprint density at radius 2 is 0.966 bits per heavy atom. The Bertz CT molecular complexity index is 982. The Balaban J connectivity index is 4.55. The van der Waals surface area contributed by atoms with Crippen molar-refractivity contribution in [2.75, 3.05) is 53.1 Å². The standard InChI is InChI=1S/C48H96N4O5S/c1-7-10-13-16-18-27-34-44-56-46(53)38-30-23-19-25-32-41-52(43-35-40-49-48(51(4)5)50-58(6)55)42-33-26-20-24-31-39-47(54)57-45(36-28-21-15-12-9-3)37-29-22-17-14-11-8-2/h45H,7-44H2,1-6H3,(H,49,50). The molecule has 58 heavy (non-hydrogen) atoms. The molecule has 0 aromatic carbocycles. The highest BCUT2D eigenvalue weighted by atomic mass is 32.2. The molecule has 0 saturated heterocycles. The minimum atomic E-state index is -1.15. The molecule has 0 aliphatic carbocycles. The molecular formula is C48H96N4O5S. The third-order valence-corrected chi connectivity index (χ3v) is 11.6. The van der Waals surface area contributed by atoms with Crippen LogP contribution in [0.5, 0.6) is 0 Å². The van der Waals surface area contributed by atoms with Gasteiger partial charge in [0.15, 0.2) is 0 Å². The minimum absolute atomic E-state index is 0.00918. The smallest absolute Gasteiger partial charge is 0.306 e. The first kappa shape index (κ1) is 56.3. The van der Waals surface area contributed by atoms with Crippen LogP contribution in [0.1, 0.15) is 233 Å². The van der Waals surface area contributed by atoms with Crippen LogP contribution in [0.2, 0.25) is 0 Å². The zero-order valence-corrected chi connectivity index (χ0v) is 40.1. The summed E-state index contributed by atoms with van der Waals surface area (Å²) >= 11 is 0. The third-order valence-electron chi connectivity index (χ3n) is 11.1. The molecule has 0 aliphatic rings.